The highest BCUT2D eigenvalue weighted by molar-refractivity contribution is 5.77. The lowest BCUT2D eigenvalue weighted by Crippen LogP contribution is -3.14. The molecule has 1 fully saturated rings. The van der Waals surface area contributed by atoms with Crippen LogP contribution in [0.15, 0.2) is 29.2 Å². The molecule has 0 amide bonds. The molecule has 0 saturated carbocycles. The highest BCUT2D eigenvalue weighted by atomic mass is 16.5. The zero-order chi connectivity index (χ0) is 19.7. The molecular weight excluding hydrogens is 356 g/mol. The van der Waals surface area contributed by atoms with Crippen molar-refractivity contribution in [1.82, 2.24) is 9.38 Å². The SMILES string of the molecule is Cc1cccn2c(=O)c3cc(C#N)c(N)[n+](CCC[NH+]4CCOCC4)c3nc12. The fraction of sp³-hybridized carbons (Fsp3) is 0.400. The molecule has 0 aliphatic carbocycles. The third kappa shape index (κ3) is 3.19. The number of nitrogens with two attached hydrogens (primary N) is 1. The van der Waals surface area contributed by atoms with Crippen molar-refractivity contribution in [3.8, 4) is 6.07 Å². The van der Waals surface area contributed by atoms with Crippen molar-refractivity contribution in [3.05, 3.63) is 45.9 Å². The Morgan fingerprint density at radius 1 is 1.43 bits per heavy atom. The second kappa shape index (κ2) is 7.54. The number of ether oxygens (including phenoxy) is 1. The van der Waals surface area contributed by atoms with E-state index in [1.54, 1.807) is 12.3 Å². The molecule has 28 heavy (non-hydrogen) atoms. The average molecular weight is 380 g/mol. The van der Waals surface area contributed by atoms with E-state index in [9.17, 15) is 10.1 Å². The number of hydrogen-bond donors (Lipinski definition) is 2. The van der Waals surface area contributed by atoms with Gasteiger partial charge in [0.1, 0.15) is 30.1 Å². The number of aromatic nitrogens is 3. The van der Waals surface area contributed by atoms with Crippen LogP contribution in [0.1, 0.15) is 17.5 Å². The Labute approximate surface area is 162 Å². The molecule has 0 unspecified atom stereocenters. The number of nitrogen functional groups attached to an aromatic ring is 1. The highest BCUT2D eigenvalue weighted by Crippen LogP contribution is 2.15. The molecule has 0 atom stereocenters. The second-order valence-electron chi connectivity index (χ2n) is 7.21. The van der Waals surface area contributed by atoms with Crippen molar-refractivity contribution in [2.45, 2.75) is 19.9 Å². The number of morpholine rings is 1. The smallest absolute Gasteiger partial charge is 0.278 e. The third-order valence-corrected chi connectivity index (χ3v) is 5.41. The molecule has 0 spiro atoms. The summed E-state index contributed by atoms with van der Waals surface area (Å²) in [5, 5.41) is 9.90. The van der Waals surface area contributed by atoms with Gasteiger partial charge in [-0.3, -0.25) is 9.20 Å². The van der Waals surface area contributed by atoms with Crippen LogP contribution in [-0.2, 0) is 11.3 Å². The summed E-state index contributed by atoms with van der Waals surface area (Å²) in [6.45, 7) is 7.11. The summed E-state index contributed by atoms with van der Waals surface area (Å²) < 4.78 is 8.75. The normalized spacial score (nSPS) is 15.1. The summed E-state index contributed by atoms with van der Waals surface area (Å²) in [6.07, 6.45) is 2.58. The van der Waals surface area contributed by atoms with E-state index in [1.165, 1.54) is 9.30 Å². The first-order chi connectivity index (χ1) is 13.6. The predicted molar refractivity (Wildman–Crippen MR) is 104 cm³/mol. The Hall–Kier alpha value is -3.02. The minimum atomic E-state index is -0.187. The van der Waals surface area contributed by atoms with Gasteiger partial charge in [0.05, 0.1) is 26.3 Å². The van der Waals surface area contributed by atoms with E-state index in [1.807, 2.05) is 23.6 Å². The number of quaternary nitrogens is 1. The maximum absolute atomic E-state index is 13.0. The first-order valence-electron chi connectivity index (χ1n) is 9.55. The Morgan fingerprint density at radius 2 is 2.21 bits per heavy atom. The summed E-state index contributed by atoms with van der Waals surface area (Å²) >= 11 is 0. The average Bonchev–Trinajstić information content (AvgIpc) is 2.71. The van der Waals surface area contributed by atoms with Gasteiger partial charge in [0.15, 0.2) is 0 Å². The molecule has 1 aliphatic rings. The summed E-state index contributed by atoms with van der Waals surface area (Å²) in [5.74, 6) is 0.358. The summed E-state index contributed by atoms with van der Waals surface area (Å²) in [5.41, 5.74) is 8.45. The number of fused-ring (bicyclic) bond motifs is 2. The summed E-state index contributed by atoms with van der Waals surface area (Å²) in [4.78, 5) is 19.3. The minimum Gasteiger partial charge on any atom is -0.370 e. The third-order valence-electron chi connectivity index (χ3n) is 5.41. The van der Waals surface area contributed by atoms with Gasteiger partial charge in [-0.15, -0.1) is 0 Å². The van der Waals surface area contributed by atoms with E-state index >= 15 is 0 Å². The topological polar surface area (TPSA) is 102 Å². The number of pyridine rings is 2. The molecule has 8 nitrogen and oxygen atoms in total. The number of anilines is 1. The van der Waals surface area contributed by atoms with Crippen LogP contribution in [0.3, 0.4) is 0 Å². The van der Waals surface area contributed by atoms with Crippen molar-refractivity contribution in [2.75, 3.05) is 38.6 Å². The second-order valence-corrected chi connectivity index (χ2v) is 7.21. The summed E-state index contributed by atoms with van der Waals surface area (Å²) in [7, 11) is 0. The van der Waals surface area contributed by atoms with E-state index in [2.05, 4.69) is 6.07 Å². The van der Waals surface area contributed by atoms with Gasteiger partial charge in [-0.25, -0.2) is 4.57 Å². The van der Waals surface area contributed by atoms with Crippen LogP contribution in [-0.4, -0.2) is 42.2 Å². The zero-order valence-corrected chi connectivity index (χ0v) is 15.9. The number of hydrogen-bond acceptors (Lipinski definition) is 5. The largest absolute Gasteiger partial charge is 0.370 e. The van der Waals surface area contributed by atoms with Gasteiger partial charge in [-0.05, 0) is 19.1 Å². The Kier molecular flexibility index (Phi) is 4.94. The van der Waals surface area contributed by atoms with Gasteiger partial charge in [0.2, 0.25) is 11.5 Å². The van der Waals surface area contributed by atoms with Gasteiger partial charge >= 0.3 is 0 Å². The van der Waals surface area contributed by atoms with Crippen molar-refractivity contribution < 1.29 is 14.2 Å². The van der Waals surface area contributed by atoms with Gasteiger partial charge in [0.25, 0.3) is 11.2 Å². The number of nitrogens with zero attached hydrogens (tertiary/aromatic N) is 4. The van der Waals surface area contributed by atoms with E-state index < -0.39 is 0 Å². The maximum Gasteiger partial charge on any atom is 0.278 e. The highest BCUT2D eigenvalue weighted by Gasteiger charge is 2.22. The van der Waals surface area contributed by atoms with Crippen LogP contribution >= 0.6 is 0 Å². The molecular formula is C20H24N6O2+2. The van der Waals surface area contributed by atoms with Gasteiger partial charge in [0, 0.05) is 18.2 Å². The van der Waals surface area contributed by atoms with Crippen LogP contribution in [0.25, 0.3) is 16.7 Å². The quantitative estimate of drug-likeness (QED) is 0.456. The van der Waals surface area contributed by atoms with Crippen LogP contribution in [0.2, 0.25) is 0 Å². The number of nitriles is 1. The first-order valence-corrected chi connectivity index (χ1v) is 9.55. The molecule has 0 bridgehead atoms. The van der Waals surface area contributed by atoms with Crippen LogP contribution < -0.4 is 20.8 Å². The number of aryl methyl sites for hydroxylation is 2. The lowest BCUT2D eigenvalue weighted by atomic mass is 10.2. The van der Waals surface area contributed by atoms with Crippen molar-refractivity contribution in [3.63, 3.8) is 0 Å². The van der Waals surface area contributed by atoms with Crippen LogP contribution in [0.4, 0.5) is 5.82 Å². The van der Waals surface area contributed by atoms with Crippen molar-refractivity contribution in [1.29, 1.82) is 5.26 Å². The standard InChI is InChI=1S/C20H22N6O2/c1-14-4-2-6-26-18(14)23-19-16(20(26)27)12-15(13-21)17(22)25(19)7-3-5-24-8-10-28-11-9-24/h2,4,6,12,22H,3,5,7-11H2,1H3/p+2. The zero-order valence-electron chi connectivity index (χ0n) is 15.9. The van der Waals surface area contributed by atoms with E-state index in [-0.39, 0.29) is 5.56 Å². The lowest BCUT2D eigenvalue weighted by molar-refractivity contribution is -0.910. The Balaban J connectivity index is 1.80. The number of rotatable bonds is 4. The Morgan fingerprint density at radius 3 is 2.96 bits per heavy atom. The molecule has 3 aromatic heterocycles. The van der Waals surface area contributed by atoms with Crippen LogP contribution in [0.5, 0.6) is 0 Å². The molecule has 3 aromatic rings. The predicted octanol–water partition coefficient (Wildman–Crippen LogP) is -0.797. The van der Waals surface area contributed by atoms with E-state index in [0.29, 0.717) is 34.6 Å². The molecule has 4 rings (SSSR count). The van der Waals surface area contributed by atoms with Gasteiger partial charge in [-0.1, -0.05) is 11.1 Å². The molecule has 1 aliphatic heterocycles. The molecule has 8 heteroatoms. The van der Waals surface area contributed by atoms with E-state index in [0.717, 1.165) is 44.8 Å². The fourth-order valence-electron chi connectivity index (χ4n) is 3.82. The fourth-order valence-corrected chi connectivity index (χ4v) is 3.82. The molecule has 144 valence electrons. The molecule has 0 radical (unpaired) electrons. The van der Waals surface area contributed by atoms with Crippen molar-refractivity contribution in [2.24, 2.45) is 0 Å². The maximum atomic E-state index is 13.0. The lowest BCUT2D eigenvalue weighted by Gasteiger charge is -2.23. The summed E-state index contributed by atoms with van der Waals surface area (Å²) in [6, 6.07) is 7.41. The monoisotopic (exact) mass is 380 g/mol. The molecule has 3 N–H and O–H groups in total. The molecule has 1 saturated heterocycles. The molecule has 4 heterocycles. The van der Waals surface area contributed by atoms with Gasteiger partial charge in [-0.2, -0.15) is 5.26 Å². The van der Waals surface area contributed by atoms with Gasteiger partial charge < -0.3 is 15.4 Å². The van der Waals surface area contributed by atoms with Crippen LogP contribution in [0, 0.1) is 18.3 Å². The molecule has 0 aromatic carbocycles. The van der Waals surface area contributed by atoms with E-state index in [4.69, 9.17) is 15.5 Å². The first kappa shape index (κ1) is 18.3. The minimum absolute atomic E-state index is 0.187. The van der Waals surface area contributed by atoms with Crippen molar-refractivity contribution >= 4 is 22.5 Å². The Bertz CT molecular complexity index is 1140. The number of nitrogens with one attached hydrogen (secondary N) is 1.